The Morgan fingerprint density at radius 1 is 1.33 bits per heavy atom. The Balaban J connectivity index is 1.67. The minimum Gasteiger partial charge on any atom is -0.469 e. The maximum absolute atomic E-state index is 12.2. The van der Waals surface area contributed by atoms with Gasteiger partial charge in [0.05, 0.1) is 13.5 Å². The van der Waals surface area contributed by atoms with Crippen molar-refractivity contribution >= 4 is 11.8 Å². The summed E-state index contributed by atoms with van der Waals surface area (Å²) in [6, 6.07) is 0. The highest BCUT2D eigenvalue weighted by Gasteiger charge is 2.63. The van der Waals surface area contributed by atoms with Gasteiger partial charge in [-0.3, -0.25) is 9.59 Å². The van der Waals surface area contributed by atoms with Crippen molar-refractivity contribution < 1.29 is 14.3 Å². The van der Waals surface area contributed by atoms with Crippen LogP contribution in [0.4, 0.5) is 0 Å². The number of rotatable bonds is 2. The number of carbonyl (C=O) groups is 2. The lowest BCUT2D eigenvalue weighted by Crippen LogP contribution is -2.52. The minimum absolute atomic E-state index is 0.0110. The van der Waals surface area contributed by atoms with Gasteiger partial charge in [-0.15, -0.1) is 6.42 Å². The van der Waals surface area contributed by atoms with E-state index in [4.69, 9.17) is 11.2 Å². The summed E-state index contributed by atoms with van der Waals surface area (Å²) in [7, 11) is 1.46. The summed E-state index contributed by atoms with van der Waals surface area (Å²) in [6.45, 7) is 4.72. The highest BCUT2D eigenvalue weighted by molar-refractivity contribution is 5.91. The number of ketones is 1. The van der Waals surface area contributed by atoms with Gasteiger partial charge in [0.25, 0.3) is 0 Å². The standard InChI is InChI=1S/C24H32O3/c1-5-24(14-21(26)27-4)11-9-20-22-15(2)12-16-13-17(25)6-7-18(16)19(22)8-10-23(20,24)3/h1,13,15,18-20,22H,6-12,14H2,2-4H3/t15-,18?,19?,20?,22?,23+,24+/m1/s1. The smallest absolute Gasteiger partial charge is 0.307 e. The van der Waals surface area contributed by atoms with Crippen molar-refractivity contribution in [3.05, 3.63) is 11.6 Å². The molecular formula is C24H32O3. The molecule has 0 aliphatic heterocycles. The molecule has 0 aromatic rings. The second-order valence-electron chi connectivity index (χ2n) is 9.83. The predicted octanol–water partition coefficient (Wildman–Crippen LogP) is 4.56. The number of methoxy groups -OCH3 is 1. The molecule has 0 radical (unpaired) electrons. The summed E-state index contributed by atoms with van der Waals surface area (Å²) < 4.78 is 5.00. The zero-order valence-electron chi connectivity index (χ0n) is 16.9. The Hall–Kier alpha value is -1.56. The van der Waals surface area contributed by atoms with Crippen LogP contribution in [0, 0.1) is 52.8 Å². The summed E-state index contributed by atoms with van der Waals surface area (Å²) >= 11 is 0. The summed E-state index contributed by atoms with van der Waals surface area (Å²) in [5, 5.41) is 0. The van der Waals surface area contributed by atoms with Gasteiger partial charge in [-0.05, 0) is 79.6 Å². The lowest BCUT2D eigenvalue weighted by Gasteiger charge is -2.57. The van der Waals surface area contributed by atoms with E-state index >= 15 is 0 Å². The maximum Gasteiger partial charge on any atom is 0.307 e. The fraction of sp³-hybridized carbons (Fsp3) is 0.750. The molecule has 0 aromatic carbocycles. The molecule has 0 saturated heterocycles. The van der Waals surface area contributed by atoms with E-state index in [-0.39, 0.29) is 16.8 Å². The van der Waals surface area contributed by atoms with E-state index in [1.165, 1.54) is 19.1 Å². The number of terminal acetylenes is 1. The van der Waals surface area contributed by atoms with Crippen LogP contribution in [0.15, 0.2) is 11.6 Å². The predicted molar refractivity (Wildman–Crippen MR) is 105 cm³/mol. The summed E-state index contributed by atoms with van der Waals surface area (Å²) in [5.41, 5.74) is 1.06. The first kappa shape index (κ1) is 18.8. The monoisotopic (exact) mass is 368 g/mol. The molecule has 4 aliphatic carbocycles. The molecule has 27 heavy (non-hydrogen) atoms. The Labute approximate surface area is 163 Å². The van der Waals surface area contributed by atoms with Crippen LogP contribution in [0.25, 0.3) is 0 Å². The van der Waals surface area contributed by atoms with Crippen LogP contribution in [0.3, 0.4) is 0 Å². The molecule has 0 aromatic heterocycles. The van der Waals surface area contributed by atoms with Gasteiger partial charge in [0.2, 0.25) is 0 Å². The van der Waals surface area contributed by atoms with E-state index < -0.39 is 0 Å². The number of ether oxygens (including phenoxy) is 1. The summed E-state index contributed by atoms with van der Waals surface area (Å²) in [4.78, 5) is 24.1. The van der Waals surface area contributed by atoms with Crippen LogP contribution < -0.4 is 0 Å². The van der Waals surface area contributed by atoms with E-state index in [0.717, 1.165) is 32.1 Å². The van der Waals surface area contributed by atoms with Crippen molar-refractivity contribution in [1.82, 2.24) is 0 Å². The number of esters is 1. The number of hydrogen-bond acceptors (Lipinski definition) is 3. The molecule has 0 N–H and O–H groups in total. The van der Waals surface area contributed by atoms with Crippen LogP contribution in [0.1, 0.15) is 65.2 Å². The SMILES string of the molecule is C#C[C@@]1(CC(=O)OC)CCC2C3C(CC[C@@]21C)C1CCC(=O)C=C1C[C@H]3C. The lowest BCUT2D eigenvalue weighted by atomic mass is 9.46. The largest absolute Gasteiger partial charge is 0.469 e. The third-order valence-corrected chi connectivity index (χ3v) is 8.96. The Morgan fingerprint density at radius 3 is 2.81 bits per heavy atom. The van der Waals surface area contributed by atoms with Crippen LogP contribution in [0.5, 0.6) is 0 Å². The van der Waals surface area contributed by atoms with Crippen LogP contribution >= 0.6 is 0 Å². The number of hydrogen-bond donors (Lipinski definition) is 0. The van der Waals surface area contributed by atoms with E-state index in [2.05, 4.69) is 19.8 Å². The zero-order valence-corrected chi connectivity index (χ0v) is 16.9. The van der Waals surface area contributed by atoms with E-state index in [1.807, 2.05) is 6.08 Å². The molecule has 146 valence electrons. The van der Waals surface area contributed by atoms with Crippen molar-refractivity contribution in [3.8, 4) is 12.3 Å². The average Bonchev–Trinajstić information content (AvgIpc) is 2.94. The molecule has 3 nitrogen and oxygen atoms in total. The topological polar surface area (TPSA) is 43.4 Å². The zero-order chi connectivity index (χ0) is 19.4. The van der Waals surface area contributed by atoms with Crippen LogP contribution in [-0.4, -0.2) is 18.9 Å². The number of fused-ring (bicyclic) bond motifs is 5. The van der Waals surface area contributed by atoms with Gasteiger partial charge in [0.1, 0.15) is 0 Å². The average molecular weight is 369 g/mol. The molecule has 3 fully saturated rings. The van der Waals surface area contributed by atoms with Crippen molar-refractivity contribution in [1.29, 1.82) is 0 Å². The van der Waals surface area contributed by atoms with Gasteiger partial charge >= 0.3 is 5.97 Å². The van der Waals surface area contributed by atoms with Gasteiger partial charge in [-0.2, -0.15) is 0 Å². The van der Waals surface area contributed by atoms with E-state index in [9.17, 15) is 9.59 Å². The van der Waals surface area contributed by atoms with Crippen LogP contribution in [0.2, 0.25) is 0 Å². The first-order chi connectivity index (χ1) is 12.8. The molecule has 0 amide bonds. The molecule has 4 aliphatic rings. The Kier molecular flexibility index (Phi) is 4.53. The number of carbonyl (C=O) groups excluding carboxylic acids is 2. The van der Waals surface area contributed by atoms with Crippen molar-refractivity contribution in [2.45, 2.75) is 65.2 Å². The molecule has 3 saturated carbocycles. The van der Waals surface area contributed by atoms with Gasteiger partial charge in [-0.25, -0.2) is 0 Å². The summed E-state index contributed by atoms with van der Waals surface area (Å²) in [5.74, 6) is 6.33. The van der Waals surface area contributed by atoms with Gasteiger partial charge in [-0.1, -0.05) is 25.3 Å². The fourth-order valence-electron chi connectivity index (χ4n) is 7.62. The fourth-order valence-corrected chi connectivity index (χ4v) is 7.62. The van der Waals surface area contributed by atoms with E-state index in [1.54, 1.807) is 0 Å². The minimum atomic E-state index is -0.367. The van der Waals surface area contributed by atoms with Gasteiger partial charge in [0.15, 0.2) is 5.78 Å². The molecule has 0 bridgehead atoms. The maximum atomic E-state index is 12.2. The van der Waals surface area contributed by atoms with Crippen molar-refractivity contribution in [2.75, 3.05) is 7.11 Å². The molecule has 4 unspecified atom stereocenters. The second kappa shape index (κ2) is 6.50. The number of allylic oxidation sites excluding steroid dienone is 1. The third-order valence-electron chi connectivity index (χ3n) is 8.96. The normalized spacial score (nSPS) is 45.8. The molecule has 4 rings (SSSR count). The quantitative estimate of drug-likeness (QED) is 0.530. The van der Waals surface area contributed by atoms with Crippen LogP contribution in [-0.2, 0) is 14.3 Å². The third kappa shape index (κ3) is 2.63. The van der Waals surface area contributed by atoms with Gasteiger partial charge in [0, 0.05) is 11.8 Å². The van der Waals surface area contributed by atoms with Crippen molar-refractivity contribution in [2.24, 2.45) is 40.4 Å². The molecule has 3 heteroatoms. The second-order valence-corrected chi connectivity index (χ2v) is 9.83. The molecule has 0 spiro atoms. The summed E-state index contributed by atoms with van der Waals surface area (Å²) in [6.07, 6.45) is 15.5. The van der Waals surface area contributed by atoms with Crippen molar-refractivity contribution in [3.63, 3.8) is 0 Å². The first-order valence-electron chi connectivity index (χ1n) is 10.6. The highest BCUT2D eigenvalue weighted by Crippen LogP contribution is 2.69. The Morgan fingerprint density at radius 2 is 2.11 bits per heavy atom. The highest BCUT2D eigenvalue weighted by atomic mass is 16.5. The van der Waals surface area contributed by atoms with Gasteiger partial charge < -0.3 is 4.74 Å². The molecule has 0 heterocycles. The molecule has 7 atom stereocenters. The first-order valence-corrected chi connectivity index (χ1v) is 10.6. The van der Waals surface area contributed by atoms with E-state index in [0.29, 0.717) is 48.2 Å². The molecular weight excluding hydrogens is 336 g/mol. The Bertz CT molecular complexity index is 728. The lowest BCUT2D eigenvalue weighted by molar-refractivity contribution is -0.145.